The van der Waals surface area contributed by atoms with Crippen molar-refractivity contribution >= 4 is 0 Å². The fraction of sp³-hybridized carbons (Fsp3) is 0.333. The van der Waals surface area contributed by atoms with E-state index >= 15 is 0 Å². The van der Waals surface area contributed by atoms with Gasteiger partial charge in [0.15, 0.2) is 11.5 Å². The number of hydrogen-bond donors (Lipinski definition) is 4. The van der Waals surface area contributed by atoms with Crippen molar-refractivity contribution in [3.63, 3.8) is 0 Å². The molecule has 0 radical (unpaired) electrons. The predicted octanol–water partition coefficient (Wildman–Crippen LogP) is 0.617. The minimum Gasteiger partial charge on any atom is -0.504 e. The summed E-state index contributed by atoms with van der Waals surface area (Å²) in [5.41, 5.74) is 5.23. The van der Waals surface area contributed by atoms with Crippen molar-refractivity contribution in [1.29, 1.82) is 0 Å². The molecule has 4 nitrogen and oxygen atoms in total. The van der Waals surface area contributed by atoms with Gasteiger partial charge in [0.1, 0.15) is 5.82 Å². The van der Waals surface area contributed by atoms with Crippen LogP contribution in [0.3, 0.4) is 0 Å². The lowest BCUT2D eigenvalue weighted by molar-refractivity contribution is 0.148. The van der Waals surface area contributed by atoms with E-state index in [0.29, 0.717) is 0 Å². The highest BCUT2D eigenvalue weighted by Gasteiger charge is 2.19. The minimum absolute atomic E-state index is 0.129. The summed E-state index contributed by atoms with van der Waals surface area (Å²) < 4.78 is 13.2. The second-order valence-corrected chi connectivity index (χ2v) is 3.17. The third-order valence-electron chi connectivity index (χ3n) is 1.91. The first-order valence-electron chi connectivity index (χ1n) is 4.08. The Balaban J connectivity index is 3.15. The first-order chi connectivity index (χ1) is 6.43. The molecule has 0 aliphatic rings. The second kappa shape index (κ2) is 3.81. The summed E-state index contributed by atoms with van der Waals surface area (Å²) in [7, 11) is 0. The summed E-state index contributed by atoms with van der Waals surface area (Å²) in [6, 6.07) is 1.03. The lowest BCUT2D eigenvalue weighted by Gasteiger charge is -2.16. The summed E-state index contributed by atoms with van der Waals surface area (Å²) in [4.78, 5) is 0. The number of aromatic hydroxyl groups is 2. The topological polar surface area (TPSA) is 86.7 Å². The highest BCUT2D eigenvalue weighted by atomic mass is 19.1. The molecule has 0 saturated carbocycles. The molecule has 0 amide bonds. The zero-order valence-electron chi connectivity index (χ0n) is 7.61. The van der Waals surface area contributed by atoms with Crippen molar-refractivity contribution in [3.05, 3.63) is 23.5 Å². The Bertz CT molecular complexity index is 341. The van der Waals surface area contributed by atoms with Gasteiger partial charge in [0.25, 0.3) is 0 Å². The van der Waals surface area contributed by atoms with Gasteiger partial charge in [0.2, 0.25) is 0 Å². The zero-order valence-corrected chi connectivity index (χ0v) is 7.61. The van der Waals surface area contributed by atoms with E-state index in [9.17, 15) is 9.50 Å². The van der Waals surface area contributed by atoms with Crippen LogP contribution in [0.2, 0.25) is 0 Å². The van der Waals surface area contributed by atoms with Gasteiger partial charge in [-0.1, -0.05) is 0 Å². The molecule has 0 fully saturated rings. The molecule has 1 unspecified atom stereocenters. The Hall–Kier alpha value is -1.33. The van der Waals surface area contributed by atoms with Crippen LogP contribution in [0.1, 0.15) is 18.6 Å². The van der Waals surface area contributed by atoms with Crippen LogP contribution < -0.4 is 5.73 Å². The maximum atomic E-state index is 13.2. The largest absolute Gasteiger partial charge is 0.504 e. The van der Waals surface area contributed by atoms with Gasteiger partial charge >= 0.3 is 0 Å². The lowest BCUT2D eigenvalue weighted by atomic mass is 10.0. The van der Waals surface area contributed by atoms with Crippen LogP contribution >= 0.6 is 0 Å². The van der Waals surface area contributed by atoms with E-state index in [0.717, 1.165) is 12.1 Å². The monoisotopic (exact) mass is 201 g/mol. The zero-order chi connectivity index (χ0) is 10.9. The standard InChI is InChI=1S/C9H12FNO3/c1-4(11)9(14)5-2-7(12)8(13)3-6(5)10/h2-4,9,12-14H,11H2,1H3/t4?,9-/m0/s1. The predicted molar refractivity (Wildman–Crippen MR) is 48.3 cm³/mol. The summed E-state index contributed by atoms with van der Waals surface area (Å²) in [6.07, 6.45) is -1.21. The molecule has 2 atom stereocenters. The van der Waals surface area contributed by atoms with E-state index < -0.39 is 29.5 Å². The van der Waals surface area contributed by atoms with Gasteiger partial charge in [-0.05, 0) is 13.0 Å². The molecule has 0 aliphatic heterocycles. The van der Waals surface area contributed by atoms with Crippen LogP contribution in [-0.4, -0.2) is 21.4 Å². The molecule has 78 valence electrons. The van der Waals surface area contributed by atoms with Crippen LogP contribution in [-0.2, 0) is 0 Å². The van der Waals surface area contributed by atoms with Gasteiger partial charge in [-0.25, -0.2) is 4.39 Å². The van der Waals surface area contributed by atoms with E-state index in [1.165, 1.54) is 6.92 Å². The Labute approximate surface area is 80.4 Å². The summed E-state index contributed by atoms with van der Waals surface area (Å²) in [5.74, 6) is -1.85. The molecule has 0 spiro atoms. The highest BCUT2D eigenvalue weighted by molar-refractivity contribution is 5.42. The van der Waals surface area contributed by atoms with Crippen molar-refractivity contribution in [2.75, 3.05) is 0 Å². The number of nitrogens with two attached hydrogens (primary N) is 1. The van der Waals surface area contributed by atoms with Gasteiger partial charge in [0, 0.05) is 17.7 Å². The summed E-state index contributed by atoms with van der Waals surface area (Å²) >= 11 is 0. The van der Waals surface area contributed by atoms with Gasteiger partial charge in [0.05, 0.1) is 6.10 Å². The maximum absolute atomic E-state index is 13.2. The third-order valence-corrected chi connectivity index (χ3v) is 1.91. The van der Waals surface area contributed by atoms with Crippen LogP contribution in [0.4, 0.5) is 4.39 Å². The molecular weight excluding hydrogens is 189 g/mol. The number of phenols is 2. The number of rotatable bonds is 2. The van der Waals surface area contributed by atoms with Gasteiger partial charge in [-0.3, -0.25) is 0 Å². The SMILES string of the molecule is CC(N)[C@H](O)c1cc(O)c(O)cc1F. The molecule has 0 heterocycles. The number of phenolic OH excluding ortho intramolecular Hbond substituents is 2. The Morgan fingerprint density at radius 1 is 1.29 bits per heavy atom. The molecule has 0 saturated heterocycles. The highest BCUT2D eigenvalue weighted by Crippen LogP contribution is 2.31. The normalized spacial score (nSPS) is 15.1. The van der Waals surface area contributed by atoms with E-state index in [4.69, 9.17) is 15.9 Å². The third kappa shape index (κ3) is 1.94. The second-order valence-electron chi connectivity index (χ2n) is 3.17. The number of aliphatic hydroxyl groups excluding tert-OH is 1. The first kappa shape index (κ1) is 10.7. The molecular formula is C9H12FNO3. The molecule has 1 aromatic carbocycles. The molecule has 5 N–H and O–H groups in total. The fourth-order valence-electron chi connectivity index (χ4n) is 1.08. The Morgan fingerprint density at radius 3 is 2.29 bits per heavy atom. The quantitative estimate of drug-likeness (QED) is 0.528. The smallest absolute Gasteiger partial charge is 0.160 e. The lowest BCUT2D eigenvalue weighted by Crippen LogP contribution is -2.25. The average Bonchev–Trinajstić information content (AvgIpc) is 2.10. The number of hydrogen-bond acceptors (Lipinski definition) is 4. The van der Waals surface area contributed by atoms with Crippen molar-refractivity contribution in [1.82, 2.24) is 0 Å². The van der Waals surface area contributed by atoms with E-state index in [-0.39, 0.29) is 5.56 Å². The van der Waals surface area contributed by atoms with Crippen molar-refractivity contribution in [2.24, 2.45) is 5.73 Å². The van der Waals surface area contributed by atoms with Crippen molar-refractivity contribution in [2.45, 2.75) is 19.1 Å². The molecule has 14 heavy (non-hydrogen) atoms. The fourth-order valence-corrected chi connectivity index (χ4v) is 1.08. The van der Waals surface area contributed by atoms with E-state index in [2.05, 4.69) is 0 Å². The Kier molecular flexibility index (Phi) is 2.93. The molecule has 1 rings (SSSR count). The number of benzene rings is 1. The Morgan fingerprint density at radius 2 is 1.79 bits per heavy atom. The van der Waals surface area contributed by atoms with Gasteiger partial charge < -0.3 is 21.1 Å². The van der Waals surface area contributed by atoms with Crippen LogP contribution in [0, 0.1) is 5.82 Å². The molecule has 0 aromatic heterocycles. The van der Waals surface area contributed by atoms with Crippen molar-refractivity contribution in [3.8, 4) is 11.5 Å². The summed E-state index contributed by atoms with van der Waals surface area (Å²) in [6.45, 7) is 1.51. The number of halogens is 1. The van der Waals surface area contributed by atoms with Gasteiger partial charge in [-0.15, -0.1) is 0 Å². The molecule has 1 aromatic rings. The van der Waals surface area contributed by atoms with Crippen molar-refractivity contribution < 1.29 is 19.7 Å². The van der Waals surface area contributed by atoms with Crippen LogP contribution in [0.5, 0.6) is 11.5 Å². The number of aliphatic hydroxyl groups is 1. The minimum atomic E-state index is -1.21. The molecule has 0 bridgehead atoms. The van der Waals surface area contributed by atoms with Crippen LogP contribution in [0.25, 0.3) is 0 Å². The molecule has 5 heteroatoms. The van der Waals surface area contributed by atoms with Gasteiger partial charge in [-0.2, -0.15) is 0 Å². The first-order valence-corrected chi connectivity index (χ1v) is 4.08. The molecule has 0 aliphatic carbocycles. The summed E-state index contributed by atoms with van der Waals surface area (Å²) in [5, 5.41) is 27.5. The van der Waals surface area contributed by atoms with E-state index in [1.54, 1.807) is 0 Å². The average molecular weight is 201 g/mol. The van der Waals surface area contributed by atoms with E-state index in [1.807, 2.05) is 0 Å². The maximum Gasteiger partial charge on any atom is 0.160 e. The van der Waals surface area contributed by atoms with Crippen LogP contribution in [0.15, 0.2) is 12.1 Å².